The molecule has 0 radical (unpaired) electrons. The molecule has 4 heteroatoms. The van der Waals surface area contributed by atoms with Gasteiger partial charge in [0.1, 0.15) is 0 Å². The average molecular weight is 331 g/mol. The lowest BCUT2D eigenvalue weighted by Crippen LogP contribution is -2.09. The molecule has 0 atom stereocenters. The van der Waals surface area contributed by atoms with E-state index in [0.717, 1.165) is 10.9 Å². The van der Waals surface area contributed by atoms with Crippen LogP contribution in [-0.2, 0) is 0 Å². The summed E-state index contributed by atoms with van der Waals surface area (Å²) in [5.74, 6) is -0.119. The van der Waals surface area contributed by atoms with E-state index in [1.54, 1.807) is 18.2 Å². The molecule has 0 aliphatic heterocycles. The molecule has 0 N–H and O–H groups in total. The summed E-state index contributed by atoms with van der Waals surface area (Å²) in [4.78, 5) is 12.3. The van der Waals surface area contributed by atoms with Gasteiger partial charge in [0, 0.05) is 10.8 Å². The fraction of sp³-hybridized carbons (Fsp3) is 0.0556. The molecular formula is C18H12Cl2O2. The van der Waals surface area contributed by atoms with Gasteiger partial charge < -0.3 is 4.74 Å². The van der Waals surface area contributed by atoms with Gasteiger partial charge in [-0.1, -0.05) is 65.2 Å². The quantitative estimate of drug-likeness (QED) is 0.446. The zero-order valence-corrected chi connectivity index (χ0v) is 13.3. The standard InChI is InChI=1S/C18H12Cl2O2/c1-11-5-4-6-12(9-11)18(21)22-17-14-8-3-2-7-13(14)15(19)10-16(17)20/h2-10H,1H3. The largest absolute Gasteiger partial charge is 0.421 e. The number of aryl methyl sites for hydroxylation is 1. The molecule has 0 unspecified atom stereocenters. The number of carbonyl (C=O) groups is 1. The molecule has 0 spiro atoms. The molecule has 0 heterocycles. The van der Waals surface area contributed by atoms with E-state index in [4.69, 9.17) is 27.9 Å². The second kappa shape index (κ2) is 5.99. The Morgan fingerprint density at radius 2 is 1.64 bits per heavy atom. The lowest BCUT2D eigenvalue weighted by atomic mass is 10.1. The molecule has 0 bridgehead atoms. The lowest BCUT2D eigenvalue weighted by molar-refractivity contribution is 0.0737. The third-order valence-electron chi connectivity index (χ3n) is 3.35. The predicted molar refractivity (Wildman–Crippen MR) is 90.1 cm³/mol. The first-order valence-electron chi connectivity index (χ1n) is 6.72. The highest BCUT2D eigenvalue weighted by Gasteiger charge is 2.16. The molecule has 0 saturated heterocycles. The van der Waals surface area contributed by atoms with Gasteiger partial charge in [-0.3, -0.25) is 0 Å². The van der Waals surface area contributed by atoms with Crippen LogP contribution in [0.1, 0.15) is 15.9 Å². The van der Waals surface area contributed by atoms with Gasteiger partial charge in [0.2, 0.25) is 0 Å². The van der Waals surface area contributed by atoms with Crippen LogP contribution in [0.2, 0.25) is 10.0 Å². The van der Waals surface area contributed by atoms with Crippen molar-refractivity contribution >= 4 is 39.9 Å². The van der Waals surface area contributed by atoms with Crippen LogP contribution in [0, 0.1) is 6.92 Å². The van der Waals surface area contributed by atoms with Crippen molar-refractivity contribution in [1.29, 1.82) is 0 Å². The van der Waals surface area contributed by atoms with Gasteiger partial charge in [0.05, 0.1) is 15.6 Å². The van der Waals surface area contributed by atoms with Crippen LogP contribution in [0.4, 0.5) is 0 Å². The number of hydrogen-bond acceptors (Lipinski definition) is 2. The highest BCUT2D eigenvalue weighted by molar-refractivity contribution is 6.40. The number of ether oxygens (including phenoxy) is 1. The Bertz CT molecular complexity index is 872. The summed E-state index contributed by atoms with van der Waals surface area (Å²) in [5, 5.41) is 2.34. The summed E-state index contributed by atoms with van der Waals surface area (Å²) < 4.78 is 5.52. The summed E-state index contributed by atoms with van der Waals surface area (Å²) in [6.07, 6.45) is 0. The molecule has 0 fully saturated rings. The maximum atomic E-state index is 12.3. The van der Waals surface area contributed by atoms with Gasteiger partial charge in [-0.2, -0.15) is 0 Å². The van der Waals surface area contributed by atoms with Crippen molar-refractivity contribution in [3.8, 4) is 5.75 Å². The van der Waals surface area contributed by atoms with Gasteiger partial charge in [-0.15, -0.1) is 0 Å². The second-order valence-corrected chi connectivity index (χ2v) is 5.79. The van der Waals surface area contributed by atoms with Crippen molar-refractivity contribution in [2.75, 3.05) is 0 Å². The minimum atomic E-state index is -0.446. The summed E-state index contributed by atoms with van der Waals surface area (Å²) in [5.41, 5.74) is 1.47. The first-order valence-corrected chi connectivity index (χ1v) is 7.47. The normalized spacial score (nSPS) is 10.7. The van der Waals surface area contributed by atoms with Gasteiger partial charge >= 0.3 is 5.97 Å². The van der Waals surface area contributed by atoms with Gasteiger partial charge in [-0.25, -0.2) is 4.79 Å². The minimum absolute atomic E-state index is 0.310. The topological polar surface area (TPSA) is 26.3 Å². The zero-order valence-electron chi connectivity index (χ0n) is 11.8. The van der Waals surface area contributed by atoms with E-state index in [0.29, 0.717) is 26.7 Å². The van der Waals surface area contributed by atoms with Crippen LogP contribution in [-0.4, -0.2) is 5.97 Å². The fourth-order valence-corrected chi connectivity index (χ4v) is 2.88. The Kier molecular flexibility index (Phi) is 4.06. The predicted octanol–water partition coefficient (Wildman–Crippen LogP) is 5.67. The molecule has 3 rings (SSSR count). The minimum Gasteiger partial charge on any atom is -0.421 e. The van der Waals surface area contributed by atoms with E-state index in [-0.39, 0.29) is 0 Å². The Labute approximate surface area is 138 Å². The fourth-order valence-electron chi connectivity index (χ4n) is 2.30. The maximum Gasteiger partial charge on any atom is 0.343 e. The van der Waals surface area contributed by atoms with E-state index in [2.05, 4.69) is 0 Å². The Morgan fingerprint density at radius 1 is 0.909 bits per heavy atom. The van der Waals surface area contributed by atoms with E-state index < -0.39 is 5.97 Å². The van der Waals surface area contributed by atoms with Gasteiger partial charge in [-0.05, 0) is 25.1 Å². The lowest BCUT2D eigenvalue weighted by Gasteiger charge is -2.11. The van der Waals surface area contributed by atoms with Crippen molar-refractivity contribution in [2.45, 2.75) is 6.92 Å². The number of fused-ring (bicyclic) bond motifs is 1. The molecule has 110 valence electrons. The van der Waals surface area contributed by atoms with Crippen LogP contribution in [0.15, 0.2) is 54.6 Å². The second-order valence-electron chi connectivity index (χ2n) is 4.97. The van der Waals surface area contributed by atoms with Crippen molar-refractivity contribution in [3.05, 3.63) is 75.8 Å². The summed E-state index contributed by atoms with van der Waals surface area (Å²) in [6, 6.07) is 16.2. The van der Waals surface area contributed by atoms with Crippen LogP contribution in [0.3, 0.4) is 0 Å². The van der Waals surface area contributed by atoms with Gasteiger partial charge in [0.15, 0.2) is 5.75 Å². The molecule has 0 amide bonds. The first kappa shape index (κ1) is 14.9. The van der Waals surface area contributed by atoms with Gasteiger partial charge in [0.25, 0.3) is 0 Å². The highest BCUT2D eigenvalue weighted by Crippen LogP contribution is 2.38. The third-order valence-corrected chi connectivity index (χ3v) is 3.94. The highest BCUT2D eigenvalue weighted by atomic mass is 35.5. The number of esters is 1. The number of carbonyl (C=O) groups excluding carboxylic acids is 1. The number of rotatable bonds is 2. The molecule has 0 aromatic heterocycles. The van der Waals surface area contributed by atoms with Crippen LogP contribution in [0.25, 0.3) is 10.8 Å². The SMILES string of the molecule is Cc1cccc(C(=O)Oc2c(Cl)cc(Cl)c3ccccc23)c1. The molecule has 0 aliphatic rings. The van der Waals surface area contributed by atoms with Crippen LogP contribution < -0.4 is 4.74 Å². The summed E-state index contributed by atoms with van der Waals surface area (Å²) in [7, 11) is 0. The van der Waals surface area contributed by atoms with Crippen LogP contribution >= 0.6 is 23.2 Å². The van der Waals surface area contributed by atoms with E-state index in [1.807, 2.05) is 43.3 Å². The summed E-state index contributed by atoms with van der Waals surface area (Å²) in [6.45, 7) is 1.92. The van der Waals surface area contributed by atoms with Crippen molar-refractivity contribution in [2.24, 2.45) is 0 Å². The number of hydrogen-bond donors (Lipinski definition) is 0. The molecular weight excluding hydrogens is 319 g/mol. The molecule has 3 aromatic rings. The maximum absolute atomic E-state index is 12.3. The molecule has 0 saturated carbocycles. The Balaban J connectivity index is 2.06. The van der Waals surface area contributed by atoms with E-state index in [9.17, 15) is 4.79 Å². The third kappa shape index (κ3) is 2.80. The van der Waals surface area contributed by atoms with Crippen molar-refractivity contribution in [3.63, 3.8) is 0 Å². The smallest absolute Gasteiger partial charge is 0.343 e. The Hall–Kier alpha value is -2.03. The number of benzene rings is 3. The molecule has 3 aromatic carbocycles. The molecule has 22 heavy (non-hydrogen) atoms. The average Bonchev–Trinajstić information content (AvgIpc) is 2.51. The monoisotopic (exact) mass is 330 g/mol. The first-order chi connectivity index (χ1) is 10.6. The molecule has 2 nitrogen and oxygen atoms in total. The van der Waals surface area contributed by atoms with Crippen LogP contribution in [0.5, 0.6) is 5.75 Å². The van der Waals surface area contributed by atoms with Crippen molar-refractivity contribution in [1.82, 2.24) is 0 Å². The van der Waals surface area contributed by atoms with E-state index >= 15 is 0 Å². The van der Waals surface area contributed by atoms with Crippen molar-refractivity contribution < 1.29 is 9.53 Å². The van der Waals surface area contributed by atoms with E-state index in [1.165, 1.54) is 0 Å². The molecule has 0 aliphatic carbocycles. The Morgan fingerprint density at radius 3 is 2.36 bits per heavy atom. The summed E-state index contributed by atoms with van der Waals surface area (Å²) >= 11 is 12.4. The zero-order chi connectivity index (χ0) is 15.7. The number of halogens is 2.